The Hall–Kier alpha value is -2.59. The van der Waals surface area contributed by atoms with Gasteiger partial charge in [0.1, 0.15) is 18.2 Å². The topological polar surface area (TPSA) is 71.4 Å². The van der Waals surface area contributed by atoms with E-state index < -0.39 is 11.5 Å². The standard InChI is InChI=1S/C22H24O4/c1-15(13-23)20(14-24)18-8-4-16(5-9-18)12-17-6-10-19(11-7-17)21(25)22(2,3)26/h4-11,13-15,20,26H,12H2,1-3H3. The number of aldehydes is 2. The molecule has 0 aromatic heterocycles. The molecule has 0 aliphatic carbocycles. The van der Waals surface area contributed by atoms with Gasteiger partial charge >= 0.3 is 0 Å². The molecular weight excluding hydrogens is 328 g/mol. The molecule has 0 saturated heterocycles. The van der Waals surface area contributed by atoms with Crippen molar-refractivity contribution in [1.29, 1.82) is 0 Å². The Morgan fingerprint density at radius 2 is 1.46 bits per heavy atom. The van der Waals surface area contributed by atoms with Gasteiger partial charge in [0.2, 0.25) is 0 Å². The molecule has 0 fully saturated rings. The van der Waals surface area contributed by atoms with Crippen molar-refractivity contribution in [2.45, 2.75) is 38.7 Å². The number of ketones is 1. The Balaban J connectivity index is 2.11. The molecule has 0 radical (unpaired) electrons. The number of benzene rings is 2. The monoisotopic (exact) mass is 352 g/mol. The van der Waals surface area contributed by atoms with Gasteiger partial charge in [-0.25, -0.2) is 0 Å². The molecule has 0 aliphatic rings. The smallest absolute Gasteiger partial charge is 0.193 e. The number of rotatable bonds is 8. The van der Waals surface area contributed by atoms with Gasteiger partial charge < -0.3 is 14.7 Å². The first kappa shape index (κ1) is 19.7. The average Bonchev–Trinajstić information content (AvgIpc) is 2.62. The summed E-state index contributed by atoms with van der Waals surface area (Å²) >= 11 is 0. The van der Waals surface area contributed by atoms with Gasteiger partial charge in [0.25, 0.3) is 0 Å². The largest absolute Gasteiger partial charge is 0.382 e. The van der Waals surface area contributed by atoms with Crippen LogP contribution >= 0.6 is 0 Å². The molecule has 2 unspecified atom stereocenters. The van der Waals surface area contributed by atoms with Crippen LogP contribution in [0.1, 0.15) is 53.7 Å². The maximum absolute atomic E-state index is 12.0. The molecule has 2 aromatic carbocycles. The van der Waals surface area contributed by atoms with Crippen LogP contribution in [-0.4, -0.2) is 29.1 Å². The summed E-state index contributed by atoms with van der Waals surface area (Å²) in [5.74, 6) is -1.08. The summed E-state index contributed by atoms with van der Waals surface area (Å²) in [7, 11) is 0. The number of hydrogen-bond donors (Lipinski definition) is 1. The van der Waals surface area contributed by atoms with Gasteiger partial charge in [0.15, 0.2) is 5.78 Å². The van der Waals surface area contributed by atoms with E-state index in [-0.39, 0.29) is 11.7 Å². The van der Waals surface area contributed by atoms with Crippen molar-refractivity contribution < 1.29 is 19.5 Å². The normalized spacial score (nSPS) is 13.7. The van der Waals surface area contributed by atoms with E-state index in [0.29, 0.717) is 12.0 Å². The van der Waals surface area contributed by atoms with Crippen molar-refractivity contribution in [2.75, 3.05) is 0 Å². The third-order valence-electron chi connectivity index (χ3n) is 4.47. The van der Waals surface area contributed by atoms with Crippen LogP contribution < -0.4 is 0 Å². The number of Topliss-reactive ketones (excluding diaryl/α,β-unsaturated/α-hetero) is 1. The van der Waals surface area contributed by atoms with Gasteiger partial charge in [0.05, 0.1) is 0 Å². The van der Waals surface area contributed by atoms with E-state index in [2.05, 4.69) is 0 Å². The fraction of sp³-hybridized carbons (Fsp3) is 0.318. The quantitative estimate of drug-likeness (QED) is 0.584. The van der Waals surface area contributed by atoms with Crippen LogP contribution in [0.15, 0.2) is 48.5 Å². The first-order valence-electron chi connectivity index (χ1n) is 8.62. The molecule has 4 heteroatoms. The fourth-order valence-corrected chi connectivity index (χ4v) is 2.81. The lowest BCUT2D eigenvalue weighted by Gasteiger charge is -2.16. The number of hydrogen-bond acceptors (Lipinski definition) is 4. The predicted molar refractivity (Wildman–Crippen MR) is 100 cm³/mol. The summed E-state index contributed by atoms with van der Waals surface area (Å²) < 4.78 is 0. The van der Waals surface area contributed by atoms with Crippen LogP contribution in [-0.2, 0) is 16.0 Å². The summed E-state index contributed by atoms with van der Waals surface area (Å²) in [6.45, 7) is 4.68. The Morgan fingerprint density at radius 1 is 0.962 bits per heavy atom. The van der Waals surface area contributed by atoms with Crippen molar-refractivity contribution in [1.82, 2.24) is 0 Å². The molecule has 0 bridgehead atoms. The van der Waals surface area contributed by atoms with Crippen molar-refractivity contribution in [3.05, 3.63) is 70.8 Å². The molecule has 0 spiro atoms. The minimum Gasteiger partial charge on any atom is -0.382 e. The van der Waals surface area contributed by atoms with E-state index in [0.717, 1.165) is 29.3 Å². The Labute approximate surface area is 153 Å². The van der Waals surface area contributed by atoms with Gasteiger partial charge in [-0.2, -0.15) is 0 Å². The lowest BCUT2D eigenvalue weighted by Crippen LogP contribution is -2.31. The Morgan fingerprint density at radius 3 is 1.88 bits per heavy atom. The molecule has 1 N–H and O–H groups in total. The van der Waals surface area contributed by atoms with Crippen molar-refractivity contribution >= 4 is 18.4 Å². The third kappa shape index (κ3) is 4.73. The van der Waals surface area contributed by atoms with Crippen LogP contribution in [0.5, 0.6) is 0 Å². The van der Waals surface area contributed by atoms with E-state index in [4.69, 9.17) is 0 Å². The highest BCUT2D eigenvalue weighted by Gasteiger charge is 2.24. The Bertz CT molecular complexity index is 767. The van der Waals surface area contributed by atoms with Gasteiger partial charge in [-0.05, 0) is 37.0 Å². The zero-order valence-corrected chi connectivity index (χ0v) is 15.3. The third-order valence-corrected chi connectivity index (χ3v) is 4.47. The maximum Gasteiger partial charge on any atom is 0.193 e. The van der Waals surface area contributed by atoms with E-state index in [1.54, 1.807) is 19.1 Å². The van der Waals surface area contributed by atoms with Gasteiger partial charge in [-0.3, -0.25) is 4.79 Å². The van der Waals surface area contributed by atoms with Crippen LogP contribution in [0.25, 0.3) is 0 Å². The molecule has 136 valence electrons. The SMILES string of the molecule is CC(C=O)C(C=O)c1ccc(Cc2ccc(C(=O)C(C)(C)O)cc2)cc1. The van der Waals surface area contributed by atoms with Crippen molar-refractivity contribution in [2.24, 2.45) is 5.92 Å². The van der Waals surface area contributed by atoms with Gasteiger partial charge in [-0.15, -0.1) is 0 Å². The molecule has 4 nitrogen and oxygen atoms in total. The molecule has 0 saturated carbocycles. The van der Waals surface area contributed by atoms with Crippen LogP contribution in [0.3, 0.4) is 0 Å². The number of carbonyl (C=O) groups is 3. The van der Waals surface area contributed by atoms with Crippen molar-refractivity contribution in [3.63, 3.8) is 0 Å². The van der Waals surface area contributed by atoms with E-state index in [1.807, 2.05) is 36.4 Å². The van der Waals surface area contributed by atoms with Crippen LogP contribution in [0, 0.1) is 5.92 Å². The summed E-state index contributed by atoms with van der Waals surface area (Å²) in [5.41, 5.74) is 2.03. The molecule has 26 heavy (non-hydrogen) atoms. The molecule has 0 aliphatic heterocycles. The molecule has 2 aromatic rings. The second-order valence-electron chi connectivity index (χ2n) is 7.16. The van der Waals surface area contributed by atoms with Crippen LogP contribution in [0.2, 0.25) is 0 Å². The van der Waals surface area contributed by atoms with Crippen LogP contribution in [0.4, 0.5) is 0 Å². The van der Waals surface area contributed by atoms with Crippen molar-refractivity contribution in [3.8, 4) is 0 Å². The fourth-order valence-electron chi connectivity index (χ4n) is 2.81. The summed E-state index contributed by atoms with van der Waals surface area (Å²) in [6, 6.07) is 14.8. The first-order chi connectivity index (χ1) is 12.3. The minimum absolute atomic E-state index is 0.308. The lowest BCUT2D eigenvalue weighted by molar-refractivity contribution is -0.116. The molecule has 2 atom stereocenters. The molecule has 0 amide bonds. The lowest BCUT2D eigenvalue weighted by atomic mass is 9.88. The zero-order valence-electron chi connectivity index (χ0n) is 15.3. The highest BCUT2D eigenvalue weighted by atomic mass is 16.3. The maximum atomic E-state index is 12.0. The number of aliphatic hydroxyl groups is 1. The van der Waals surface area contributed by atoms with E-state index in [9.17, 15) is 19.5 Å². The highest BCUT2D eigenvalue weighted by Crippen LogP contribution is 2.22. The van der Waals surface area contributed by atoms with Gasteiger partial charge in [0, 0.05) is 17.4 Å². The molecule has 0 heterocycles. The molecular formula is C22H24O4. The first-order valence-corrected chi connectivity index (χ1v) is 8.62. The Kier molecular flexibility index (Phi) is 6.22. The molecule has 2 rings (SSSR count). The van der Waals surface area contributed by atoms with E-state index >= 15 is 0 Å². The summed E-state index contributed by atoms with van der Waals surface area (Å²) in [6.07, 6.45) is 2.29. The highest BCUT2D eigenvalue weighted by molar-refractivity contribution is 6.01. The second kappa shape index (κ2) is 8.19. The zero-order chi connectivity index (χ0) is 19.3. The average molecular weight is 352 g/mol. The van der Waals surface area contributed by atoms with Gasteiger partial charge in [-0.1, -0.05) is 55.5 Å². The number of carbonyl (C=O) groups excluding carboxylic acids is 3. The summed E-state index contributed by atoms with van der Waals surface area (Å²) in [5, 5.41) is 9.80. The second-order valence-corrected chi connectivity index (χ2v) is 7.16. The minimum atomic E-state index is -1.38. The predicted octanol–water partition coefficient (Wildman–Crippen LogP) is 3.35. The summed E-state index contributed by atoms with van der Waals surface area (Å²) in [4.78, 5) is 34.2. The van der Waals surface area contributed by atoms with E-state index in [1.165, 1.54) is 13.8 Å².